The van der Waals surface area contributed by atoms with Crippen LogP contribution >= 0.6 is 0 Å². The van der Waals surface area contributed by atoms with Crippen molar-refractivity contribution in [2.45, 2.75) is 207 Å². The third-order valence-corrected chi connectivity index (χ3v) is 12.1. The average Bonchev–Trinajstić information content (AvgIpc) is 3.24. The molecule has 378 valence electrons. The molecule has 2 heterocycles. The van der Waals surface area contributed by atoms with Crippen LogP contribution in [0.15, 0.2) is 0 Å². The van der Waals surface area contributed by atoms with Crippen molar-refractivity contribution >= 4 is 47.4 Å². The van der Waals surface area contributed by atoms with Gasteiger partial charge in [-0.05, 0) is 76.0 Å². The summed E-state index contributed by atoms with van der Waals surface area (Å²) in [5.74, 6) is -2.74. The van der Waals surface area contributed by atoms with Crippen molar-refractivity contribution in [3.8, 4) is 0 Å². The van der Waals surface area contributed by atoms with Crippen LogP contribution in [0.25, 0.3) is 0 Å². The largest absolute Gasteiger partial charge is 0.481 e. The zero-order valence-electron chi connectivity index (χ0n) is 40.6. The van der Waals surface area contributed by atoms with E-state index in [-0.39, 0.29) is 86.3 Å². The summed E-state index contributed by atoms with van der Waals surface area (Å²) < 4.78 is 40.5. The predicted octanol–water partition coefficient (Wildman–Crippen LogP) is 4.83. The van der Waals surface area contributed by atoms with Gasteiger partial charge in [0.15, 0.2) is 30.6 Å². The summed E-state index contributed by atoms with van der Waals surface area (Å²) in [4.78, 5) is 97.2. The summed E-state index contributed by atoms with van der Waals surface area (Å²) in [6.45, 7) is 14.3. The molecule has 19 nitrogen and oxygen atoms in total. The highest BCUT2D eigenvalue weighted by Crippen LogP contribution is 2.36. The lowest BCUT2D eigenvalue weighted by molar-refractivity contribution is -0.272. The second kappa shape index (κ2) is 31.7. The molecule has 2 aliphatic rings. The summed E-state index contributed by atoms with van der Waals surface area (Å²) in [7, 11) is 0. The number of hydrogen-bond donors (Lipinski definition) is 4. The Morgan fingerprint density at radius 1 is 0.606 bits per heavy atom. The quantitative estimate of drug-likeness (QED) is 0.0400. The molecule has 0 aromatic carbocycles. The summed E-state index contributed by atoms with van der Waals surface area (Å²) in [6.07, 6.45) is 2.99. The van der Waals surface area contributed by atoms with Crippen molar-refractivity contribution in [1.82, 2.24) is 16.0 Å². The summed E-state index contributed by atoms with van der Waals surface area (Å²) >= 11 is 0. The second-order valence-electron chi connectivity index (χ2n) is 17.6. The van der Waals surface area contributed by atoms with Crippen LogP contribution in [0.5, 0.6) is 0 Å². The van der Waals surface area contributed by atoms with Gasteiger partial charge in [-0.1, -0.05) is 40.5 Å². The SMILES string of the molecule is CCC1OC(OCCCCC(=O)NCCCC[C@@H](NC(=O)CCCCOC2OC(COC(C)=O)C(C)C(C)C2C)C(=O)CCCCCCC(=O)O)C(NC(C)=O)C(OC(C)=O)C1OC(C)=O. The Hall–Kier alpha value is -4.20. The summed E-state index contributed by atoms with van der Waals surface area (Å²) in [6, 6.07) is -1.64. The fourth-order valence-electron chi connectivity index (χ4n) is 8.14. The number of esters is 3. The van der Waals surface area contributed by atoms with Crippen LogP contribution in [0.2, 0.25) is 0 Å². The number of carboxylic acids is 1. The number of carbonyl (C=O) groups is 8. The number of nitrogens with one attached hydrogen (secondary N) is 3. The summed E-state index contributed by atoms with van der Waals surface area (Å²) in [5, 5.41) is 17.4. The zero-order valence-corrected chi connectivity index (χ0v) is 40.6. The van der Waals surface area contributed by atoms with Gasteiger partial charge in [-0.25, -0.2) is 0 Å². The number of aliphatic carboxylic acids is 1. The molecule has 0 radical (unpaired) electrons. The van der Waals surface area contributed by atoms with E-state index >= 15 is 0 Å². The molecular formula is C47H79N3O16. The Morgan fingerprint density at radius 2 is 1.18 bits per heavy atom. The van der Waals surface area contributed by atoms with Crippen molar-refractivity contribution in [3.05, 3.63) is 0 Å². The average molecular weight is 942 g/mol. The molecule has 4 N–H and O–H groups in total. The molecular weight excluding hydrogens is 863 g/mol. The normalized spacial score (nSPS) is 25.5. The van der Waals surface area contributed by atoms with Crippen molar-refractivity contribution in [3.63, 3.8) is 0 Å². The van der Waals surface area contributed by atoms with Gasteiger partial charge in [0.25, 0.3) is 0 Å². The highest BCUT2D eigenvalue weighted by Gasteiger charge is 2.50. The van der Waals surface area contributed by atoms with Crippen molar-refractivity contribution in [2.24, 2.45) is 17.8 Å². The first-order valence-electron chi connectivity index (χ1n) is 23.9. The number of hydrogen-bond acceptors (Lipinski definition) is 15. The van der Waals surface area contributed by atoms with E-state index in [1.54, 1.807) is 0 Å². The molecule has 66 heavy (non-hydrogen) atoms. The van der Waals surface area contributed by atoms with Gasteiger partial charge in [0.2, 0.25) is 17.7 Å². The molecule has 3 amide bonds. The van der Waals surface area contributed by atoms with E-state index in [1.165, 1.54) is 27.7 Å². The van der Waals surface area contributed by atoms with Crippen LogP contribution in [0.3, 0.4) is 0 Å². The molecule has 2 aliphatic heterocycles. The van der Waals surface area contributed by atoms with Crippen molar-refractivity contribution in [1.29, 1.82) is 0 Å². The van der Waals surface area contributed by atoms with E-state index in [0.717, 1.165) is 0 Å². The van der Waals surface area contributed by atoms with Gasteiger partial charge in [0, 0.05) is 79.1 Å². The fourth-order valence-corrected chi connectivity index (χ4v) is 8.14. The van der Waals surface area contributed by atoms with E-state index in [9.17, 15) is 38.4 Å². The lowest BCUT2D eigenvalue weighted by Crippen LogP contribution is -2.65. The van der Waals surface area contributed by atoms with Gasteiger partial charge in [0.05, 0.1) is 12.1 Å². The number of rotatable bonds is 32. The number of carbonyl (C=O) groups excluding carboxylic acids is 7. The lowest BCUT2D eigenvalue weighted by atomic mass is 9.79. The number of unbranched alkanes of at least 4 members (excludes halogenated alkanes) is 6. The topological polar surface area (TPSA) is 257 Å². The van der Waals surface area contributed by atoms with Crippen LogP contribution < -0.4 is 16.0 Å². The maximum atomic E-state index is 13.3. The van der Waals surface area contributed by atoms with E-state index in [4.69, 9.17) is 38.3 Å². The van der Waals surface area contributed by atoms with Gasteiger partial charge in [0.1, 0.15) is 18.8 Å². The Balaban J connectivity index is 1.81. The highest BCUT2D eigenvalue weighted by molar-refractivity contribution is 5.89. The second-order valence-corrected chi connectivity index (χ2v) is 17.6. The molecule has 19 heteroatoms. The van der Waals surface area contributed by atoms with Crippen molar-refractivity contribution in [2.75, 3.05) is 26.4 Å². The Bertz CT molecular complexity index is 1550. The maximum Gasteiger partial charge on any atom is 0.303 e. The molecule has 0 aromatic heterocycles. The summed E-state index contributed by atoms with van der Waals surface area (Å²) in [5.41, 5.74) is 0. The minimum absolute atomic E-state index is 0.0791. The van der Waals surface area contributed by atoms with Crippen LogP contribution in [0, 0.1) is 17.8 Å². The number of amides is 3. The van der Waals surface area contributed by atoms with Crippen LogP contribution in [0.4, 0.5) is 0 Å². The van der Waals surface area contributed by atoms with Crippen molar-refractivity contribution < 1.29 is 76.6 Å². The van der Waals surface area contributed by atoms with Gasteiger partial charge >= 0.3 is 23.9 Å². The number of carboxylic acid groups (broad SMARTS) is 1. The monoisotopic (exact) mass is 942 g/mol. The van der Waals surface area contributed by atoms with E-state index in [0.29, 0.717) is 90.2 Å². The Labute approximate surface area is 390 Å². The molecule has 0 aromatic rings. The third-order valence-electron chi connectivity index (χ3n) is 12.1. The highest BCUT2D eigenvalue weighted by atomic mass is 16.7. The molecule has 2 saturated heterocycles. The molecule has 0 saturated carbocycles. The van der Waals surface area contributed by atoms with Crippen LogP contribution in [-0.4, -0.2) is 128 Å². The standard InChI is InChI=1S/C47H79N3O16/c1-9-38-44(63-34(7)53)45(64-35(8)54)43(49-32(5)51)47(65-38)61-27-18-15-22-40(56)48-25-17-14-20-36(37(55)21-12-10-11-13-24-42(58)59)50-41(57)23-16-19-26-60-46-31(4)29(2)30(3)39(66-46)28-62-33(6)52/h29-31,36,38-39,43-47H,9-28H2,1-8H3,(H,48,56)(H,49,51)(H,50,57)(H,58,59)/t29?,30?,31?,36-,38?,39?,43?,44?,45?,46?,47?/m1/s1. The molecule has 2 fully saturated rings. The number of Topliss-reactive ketones (excluding diaryl/α,β-unsaturated/α-hetero) is 1. The molecule has 2 rings (SSSR count). The van der Waals surface area contributed by atoms with Gasteiger partial charge in [-0.2, -0.15) is 0 Å². The first kappa shape index (κ1) is 57.9. The van der Waals surface area contributed by atoms with Crippen LogP contribution in [0.1, 0.15) is 158 Å². The van der Waals surface area contributed by atoms with E-state index in [2.05, 4.69) is 36.7 Å². The fraction of sp³-hybridized carbons (Fsp3) is 0.830. The molecule has 0 bridgehead atoms. The minimum atomic E-state index is -1.05. The minimum Gasteiger partial charge on any atom is -0.481 e. The molecule has 10 unspecified atom stereocenters. The van der Waals surface area contributed by atoms with Crippen LogP contribution in [-0.2, 0) is 71.5 Å². The zero-order chi connectivity index (χ0) is 49.2. The molecule has 0 spiro atoms. The van der Waals surface area contributed by atoms with Gasteiger partial charge in [-0.3, -0.25) is 38.4 Å². The molecule has 0 aliphatic carbocycles. The van der Waals surface area contributed by atoms with E-state index in [1.807, 2.05) is 6.92 Å². The smallest absolute Gasteiger partial charge is 0.303 e. The first-order valence-corrected chi connectivity index (χ1v) is 23.9. The first-order chi connectivity index (χ1) is 31.3. The number of ether oxygens (including phenoxy) is 7. The number of ketones is 1. The van der Waals surface area contributed by atoms with E-state index < -0.39 is 66.8 Å². The Kier molecular flexibility index (Phi) is 27.8. The maximum absolute atomic E-state index is 13.3. The third kappa shape index (κ3) is 22.5. The molecule has 11 atom stereocenters. The predicted molar refractivity (Wildman–Crippen MR) is 239 cm³/mol. The lowest BCUT2D eigenvalue weighted by Gasteiger charge is -2.45. The van der Waals surface area contributed by atoms with Gasteiger partial charge < -0.3 is 54.2 Å². The Morgan fingerprint density at radius 3 is 1.77 bits per heavy atom. The van der Waals surface area contributed by atoms with Gasteiger partial charge in [-0.15, -0.1) is 0 Å².